The number of rotatable bonds is 4. The van der Waals surface area contributed by atoms with Crippen molar-refractivity contribution in [3.05, 3.63) is 70.2 Å². The zero-order valence-electron chi connectivity index (χ0n) is 13.2. The highest BCUT2D eigenvalue weighted by atomic mass is 35.5. The third kappa shape index (κ3) is 3.87. The number of hydrogen-bond donors (Lipinski definition) is 2. The van der Waals surface area contributed by atoms with E-state index in [9.17, 15) is 9.59 Å². The molecule has 0 atom stereocenters. The highest BCUT2D eigenvalue weighted by molar-refractivity contribution is 7.17. The van der Waals surface area contributed by atoms with Crippen molar-refractivity contribution < 1.29 is 9.59 Å². The molecule has 1 heterocycles. The predicted octanol–water partition coefficient (Wildman–Crippen LogP) is 4.08. The monoisotopic (exact) mass is 371 g/mol. The third-order valence-electron chi connectivity index (χ3n) is 3.45. The number of nitrogens with zero attached hydrogens (tertiary/aromatic N) is 1. The van der Waals surface area contributed by atoms with Gasteiger partial charge in [0.15, 0.2) is 0 Å². The Morgan fingerprint density at radius 2 is 1.84 bits per heavy atom. The van der Waals surface area contributed by atoms with Crippen LogP contribution in [-0.2, 0) is 0 Å². The fourth-order valence-electron chi connectivity index (χ4n) is 2.23. The second-order valence-corrected chi connectivity index (χ2v) is 6.59. The number of hydrogen-bond acceptors (Lipinski definition) is 4. The Bertz CT molecular complexity index is 925. The van der Waals surface area contributed by atoms with Crippen molar-refractivity contribution in [2.75, 3.05) is 12.4 Å². The first kappa shape index (κ1) is 17.1. The van der Waals surface area contributed by atoms with Gasteiger partial charge in [0.1, 0.15) is 9.88 Å². The molecule has 7 heteroatoms. The number of anilines is 1. The summed E-state index contributed by atoms with van der Waals surface area (Å²) in [5.41, 5.74) is 1.64. The highest BCUT2D eigenvalue weighted by Gasteiger charge is 2.16. The number of thiazole rings is 1. The van der Waals surface area contributed by atoms with Crippen LogP contribution in [0.4, 0.5) is 5.69 Å². The smallest absolute Gasteiger partial charge is 0.267 e. The minimum absolute atomic E-state index is 0.302. The number of halogens is 1. The van der Waals surface area contributed by atoms with Crippen LogP contribution in [0, 0.1) is 0 Å². The van der Waals surface area contributed by atoms with Crippen LogP contribution in [0.15, 0.2) is 54.7 Å². The lowest BCUT2D eigenvalue weighted by molar-refractivity contribution is 0.0964. The Balaban J connectivity index is 1.84. The van der Waals surface area contributed by atoms with Gasteiger partial charge in [0, 0.05) is 17.6 Å². The summed E-state index contributed by atoms with van der Waals surface area (Å²) in [4.78, 5) is 29.2. The number of carbonyl (C=O) groups is 2. The van der Waals surface area contributed by atoms with E-state index in [4.69, 9.17) is 11.6 Å². The quantitative estimate of drug-likeness (QED) is 0.726. The van der Waals surface area contributed by atoms with Crippen molar-refractivity contribution in [3.8, 4) is 10.6 Å². The molecule has 0 aliphatic carbocycles. The van der Waals surface area contributed by atoms with Gasteiger partial charge in [-0.25, -0.2) is 4.98 Å². The van der Waals surface area contributed by atoms with E-state index in [2.05, 4.69) is 15.6 Å². The minimum atomic E-state index is -0.327. The van der Waals surface area contributed by atoms with Gasteiger partial charge in [0.25, 0.3) is 11.8 Å². The first-order valence-corrected chi connectivity index (χ1v) is 8.62. The molecule has 0 aliphatic heterocycles. The van der Waals surface area contributed by atoms with E-state index < -0.39 is 0 Å². The molecule has 0 aliphatic rings. The summed E-state index contributed by atoms with van der Waals surface area (Å²) >= 11 is 7.23. The first-order valence-electron chi connectivity index (χ1n) is 7.42. The predicted molar refractivity (Wildman–Crippen MR) is 100 cm³/mol. The lowest BCUT2D eigenvalue weighted by Crippen LogP contribution is -2.21. The van der Waals surface area contributed by atoms with Crippen LogP contribution in [-0.4, -0.2) is 23.8 Å². The fraction of sp³-hybridized carbons (Fsp3) is 0.0556. The third-order valence-corrected chi connectivity index (χ3v) is 4.73. The average Bonchev–Trinajstić information content (AvgIpc) is 3.13. The summed E-state index contributed by atoms with van der Waals surface area (Å²) in [7, 11) is 1.52. The molecule has 2 N–H and O–H groups in total. The number of benzene rings is 2. The van der Waals surface area contributed by atoms with E-state index in [0.717, 1.165) is 10.6 Å². The maximum Gasteiger partial charge on any atom is 0.267 e. The van der Waals surface area contributed by atoms with Crippen molar-refractivity contribution >= 4 is 40.4 Å². The molecular weight excluding hydrogens is 358 g/mol. The van der Waals surface area contributed by atoms with E-state index in [-0.39, 0.29) is 11.8 Å². The van der Waals surface area contributed by atoms with Gasteiger partial charge in [-0.1, -0.05) is 41.9 Å². The van der Waals surface area contributed by atoms with E-state index >= 15 is 0 Å². The largest absolute Gasteiger partial charge is 0.355 e. The molecule has 3 rings (SSSR count). The lowest BCUT2D eigenvalue weighted by Gasteiger charge is -2.09. The number of carbonyl (C=O) groups excluding carboxylic acids is 2. The molecule has 25 heavy (non-hydrogen) atoms. The van der Waals surface area contributed by atoms with Gasteiger partial charge in [-0.3, -0.25) is 9.59 Å². The standard InChI is InChI=1S/C18H14ClN3O2S/c1-20-16(23)13-9-12(19)7-8-14(13)22-17(24)15-10-21-18(25-15)11-5-3-2-4-6-11/h2-10H,1H3,(H,20,23)(H,22,24). The lowest BCUT2D eigenvalue weighted by atomic mass is 10.1. The average molecular weight is 372 g/mol. The number of amides is 2. The zero-order chi connectivity index (χ0) is 17.8. The maximum absolute atomic E-state index is 12.5. The second kappa shape index (κ2) is 7.46. The molecule has 0 saturated carbocycles. The normalized spacial score (nSPS) is 10.3. The first-order chi connectivity index (χ1) is 12.1. The van der Waals surface area contributed by atoms with Crippen LogP contribution in [0.2, 0.25) is 5.02 Å². The van der Waals surface area contributed by atoms with Crippen LogP contribution in [0.5, 0.6) is 0 Å². The Morgan fingerprint density at radius 3 is 2.56 bits per heavy atom. The van der Waals surface area contributed by atoms with Crippen molar-refractivity contribution in [2.45, 2.75) is 0 Å². The van der Waals surface area contributed by atoms with Crippen molar-refractivity contribution in [1.29, 1.82) is 0 Å². The van der Waals surface area contributed by atoms with Crippen molar-refractivity contribution in [3.63, 3.8) is 0 Å². The van der Waals surface area contributed by atoms with Gasteiger partial charge in [-0.15, -0.1) is 11.3 Å². The molecule has 126 valence electrons. The highest BCUT2D eigenvalue weighted by Crippen LogP contribution is 2.26. The van der Waals surface area contributed by atoms with Gasteiger partial charge in [0.2, 0.25) is 0 Å². The molecule has 2 amide bonds. The molecule has 0 unspecified atom stereocenters. The number of aromatic nitrogens is 1. The maximum atomic E-state index is 12.5. The minimum Gasteiger partial charge on any atom is -0.355 e. The van der Waals surface area contributed by atoms with E-state index in [1.165, 1.54) is 30.6 Å². The SMILES string of the molecule is CNC(=O)c1cc(Cl)ccc1NC(=O)c1cnc(-c2ccccc2)s1. The van der Waals surface area contributed by atoms with Crippen molar-refractivity contribution in [2.24, 2.45) is 0 Å². The Hall–Kier alpha value is -2.70. The molecule has 2 aromatic carbocycles. The molecule has 0 radical (unpaired) electrons. The number of nitrogens with one attached hydrogen (secondary N) is 2. The molecule has 0 spiro atoms. The van der Waals surface area contributed by atoms with Crippen LogP contribution in [0.1, 0.15) is 20.0 Å². The second-order valence-electron chi connectivity index (χ2n) is 5.12. The van der Waals surface area contributed by atoms with Gasteiger partial charge in [-0.05, 0) is 18.2 Å². The van der Waals surface area contributed by atoms with Crippen LogP contribution >= 0.6 is 22.9 Å². The molecule has 3 aromatic rings. The van der Waals surface area contributed by atoms with Gasteiger partial charge < -0.3 is 10.6 Å². The molecule has 5 nitrogen and oxygen atoms in total. The van der Waals surface area contributed by atoms with E-state index in [1.807, 2.05) is 30.3 Å². The van der Waals surface area contributed by atoms with Gasteiger partial charge in [0.05, 0.1) is 17.4 Å². The molecule has 0 fully saturated rings. The summed E-state index contributed by atoms with van der Waals surface area (Å²) in [5.74, 6) is -0.653. The van der Waals surface area contributed by atoms with E-state index in [1.54, 1.807) is 12.1 Å². The zero-order valence-corrected chi connectivity index (χ0v) is 14.8. The fourth-order valence-corrected chi connectivity index (χ4v) is 3.21. The van der Waals surface area contributed by atoms with Gasteiger partial charge in [-0.2, -0.15) is 0 Å². The van der Waals surface area contributed by atoms with Crippen LogP contribution < -0.4 is 10.6 Å². The topological polar surface area (TPSA) is 71.1 Å². The van der Waals surface area contributed by atoms with Crippen molar-refractivity contribution in [1.82, 2.24) is 10.3 Å². The summed E-state index contributed by atoms with van der Waals surface area (Å²) in [6, 6.07) is 14.4. The van der Waals surface area contributed by atoms with E-state index in [0.29, 0.717) is 21.2 Å². The Morgan fingerprint density at radius 1 is 1.08 bits per heavy atom. The van der Waals surface area contributed by atoms with Crippen LogP contribution in [0.3, 0.4) is 0 Å². The van der Waals surface area contributed by atoms with Crippen LogP contribution in [0.25, 0.3) is 10.6 Å². The molecule has 0 bridgehead atoms. The Labute approximate surface area is 153 Å². The molecule has 0 saturated heterocycles. The summed E-state index contributed by atoms with van der Waals surface area (Å²) < 4.78 is 0. The molecule has 1 aromatic heterocycles. The molecular formula is C18H14ClN3O2S. The summed E-state index contributed by atoms with van der Waals surface area (Å²) in [5, 5.41) is 6.45. The van der Waals surface area contributed by atoms with Gasteiger partial charge >= 0.3 is 0 Å². The Kier molecular flexibility index (Phi) is 5.11. The summed E-state index contributed by atoms with van der Waals surface area (Å²) in [6.45, 7) is 0. The summed E-state index contributed by atoms with van der Waals surface area (Å²) in [6.07, 6.45) is 1.53.